The predicted octanol–water partition coefficient (Wildman–Crippen LogP) is 4.80. The lowest BCUT2D eigenvalue weighted by atomic mass is 10.1. The van der Waals surface area contributed by atoms with Crippen LogP contribution in [0.15, 0.2) is 18.2 Å². The maximum absolute atomic E-state index is 12.1. The van der Waals surface area contributed by atoms with Gasteiger partial charge < -0.3 is 9.47 Å². The van der Waals surface area contributed by atoms with Gasteiger partial charge in [0, 0.05) is 10.6 Å². The highest BCUT2D eigenvalue weighted by Gasteiger charge is 2.34. The zero-order valence-corrected chi connectivity index (χ0v) is 11.4. The summed E-state index contributed by atoms with van der Waals surface area (Å²) >= 11 is 5.80. The second-order valence-electron chi connectivity index (χ2n) is 4.21. The molecule has 0 aliphatic rings. The second kappa shape index (κ2) is 6.85. The van der Waals surface area contributed by atoms with Crippen molar-refractivity contribution in [2.24, 2.45) is 0 Å². The number of hydrogen-bond acceptors (Lipinski definition) is 2. The molecule has 0 unspecified atom stereocenters. The molecule has 0 saturated carbocycles. The lowest BCUT2D eigenvalue weighted by Crippen LogP contribution is -2.25. The third-order valence-electron chi connectivity index (χ3n) is 2.21. The fourth-order valence-corrected chi connectivity index (χ4v) is 1.72. The van der Waals surface area contributed by atoms with Crippen molar-refractivity contribution in [3.8, 4) is 0 Å². The van der Waals surface area contributed by atoms with E-state index >= 15 is 0 Å². The van der Waals surface area contributed by atoms with Gasteiger partial charge in [-0.3, -0.25) is 0 Å². The van der Waals surface area contributed by atoms with Gasteiger partial charge in [-0.2, -0.15) is 26.3 Å². The van der Waals surface area contributed by atoms with Crippen LogP contribution in [0.4, 0.5) is 26.3 Å². The van der Waals surface area contributed by atoms with Crippen molar-refractivity contribution in [2.75, 3.05) is 13.2 Å². The molecular formula is C12H11ClF6O2. The van der Waals surface area contributed by atoms with E-state index in [-0.39, 0.29) is 10.6 Å². The molecule has 1 aromatic rings. The Balaban J connectivity index is 2.89. The quantitative estimate of drug-likeness (QED) is 0.568. The number of halogens is 7. The molecule has 0 bridgehead atoms. The Labute approximate surface area is 121 Å². The van der Waals surface area contributed by atoms with Crippen LogP contribution in [0.5, 0.6) is 0 Å². The van der Waals surface area contributed by atoms with E-state index in [1.165, 1.54) is 18.2 Å². The van der Waals surface area contributed by atoms with E-state index in [0.717, 1.165) is 0 Å². The summed E-state index contributed by atoms with van der Waals surface area (Å²) in [7, 11) is 0. The van der Waals surface area contributed by atoms with E-state index in [0.29, 0.717) is 5.56 Å². The molecule has 0 heterocycles. The topological polar surface area (TPSA) is 18.5 Å². The van der Waals surface area contributed by atoms with Gasteiger partial charge in [-0.05, 0) is 18.6 Å². The second-order valence-corrected chi connectivity index (χ2v) is 4.62. The van der Waals surface area contributed by atoms with Crippen molar-refractivity contribution in [3.05, 3.63) is 34.3 Å². The average Bonchev–Trinajstić information content (AvgIpc) is 2.28. The maximum atomic E-state index is 12.1. The highest BCUT2D eigenvalue weighted by molar-refractivity contribution is 6.31. The summed E-state index contributed by atoms with van der Waals surface area (Å²) in [5.74, 6) is 0. The fourth-order valence-electron chi connectivity index (χ4n) is 1.39. The third-order valence-corrected chi connectivity index (χ3v) is 2.53. The third kappa shape index (κ3) is 7.01. The van der Waals surface area contributed by atoms with Crippen LogP contribution in [0.1, 0.15) is 17.4 Å². The van der Waals surface area contributed by atoms with Gasteiger partial charge in [0.25, 0.3) is 0 Å². The molecule has 0 aromatic heterocycles. The Hall–Kier alpha value is -0.990. The van der Waals surface area contributed by atoms with Gasteiger partial charge in [0.1, 0.15) is 13.2 Å². The van der Waals surface area contributed by atoms with Crippen LogP contribution in [0.2, 0.25) is 5.02 Å². The van der Waals surface area contributed by atoms with Crippen LogP contribution in [0.25, 0.3) is 0 Å². The van der Waals surface area contributed by atoms with Crippen LogP contribution in [-0.2, 0) is 9.47 Å². The summed E-state index contributed by atoms with van der Waals surface area (Å²) in [6.45, 7) is -1.84. The first-order valence-corrected chi connectivity index (χ1v) is 5.98. The summed E-state index contributed by atoms with van der Waals surface area (Å²) in [4.78, 5) is 0. The zero-order valence-electron chi connectivity index (χ0n) is 10.7. The normalized spacial score (nSPS) is 13.0. The van der Waals surface area contributed by atoms with E-state index < -0.39 is 31.9 Å². The molecule has 1 aromatic carbocycles. The van der Waals surface area contributed by atoms with E-state index in [4.69, 9.17) is 11.6 Å². The molecule has 0 atom stereocenters. The molecule has 0 aliphatic heterocycles. The molecule has 120 valence electrons. The van der Waals surface area contributed by atoms with E-state index in [2.05, 4.69) is 9.47 Å². The molecule has 0 fully saturated rings. The number of alkyl halides is 6. The van der Waals surface area contributed by atoms with Gasteiger partial charge in [0.05, 0.1) is 0 Å². The number of hydrogen-bond donors (Lipinski definition) is 0. The summed E-state index contributed by atoms with van der Waals surface area (Å²) in [5.41, 5.74) is 0.588. The molecule has 0 saturated heterocycles. The summed E-state index contributed by atoms with van der Waals surface area (Å²) < 4.78 is 81.6. The minimum Gasteiger partial charge on any atom is -0.339 e. The van der Waals surface area contributed by atoms with Crippen molar-refractivity contribution in [2.45, 2.75) is 25.6 Å². The van der Waals surface area contributed by atoms with Gasteiger partial charge in [0.15, 0.2) is 6.29 Å². The first kappa shape index (κ1) is 18.1. The van der Waals surface area contributed by atoms with Gasteiger partial charge in [0.2, 0.25) is 0 Å². The molecule has 2 nitrogen and oxygen atoms in total. The Morgan fingerprint density at radius 1 is 1.00 bits per heavy atom. The van der Waals surface area contributed by atoms with Crippen molar-refractivity contribution in [3.63, 3.8) is 0 Å². The molecule has 9 heteroatoms. The summed E-state index contributed by atoms with van der Waals surface area (Å²) in [5, 5.41) is -0.0376. The number of ether oxygens (including phenoxy) is 2. The minimum absolute atomic E-state index is 0.0376. The lowest BCUT2D eigenvalue weighted by Gasteiger charge is -2.21. The van der Waals surface area contributed by atoms with Gasteiger partial charge in [-0.15, -0.1) is 0 Å². The predicted molar refractivity (Wildman–Crippen MR) is 62.9 cm³/mol. The first-order valence-electron chi connectivity index (χ1n) is 5.61. The van der Waals surface area contributed by atoms with Crippen molar-refractivity contribution < 1.29 is 35.8 Å². The number of rotatable bonds is 5. The van der Waals surface area contributed by atoms with Gasteiger partial charge in [-0.25, -0.2) is 0 Å². The number of benzene rings is 1. The average molecular weight is 337 g/mol. The Kier molecular flexibility index (Phi) is 5.89. The van der Waals surface area contributed by atoms with Crippen molar-refractivity contribution in [1.29, 1.82) is 0 Å². The molecule has 0 radical (unpaired) electrons. The van der Waals surface area contributed by atoms with Crippen molar-refractivity contribution >= 4 is 11.6 Å². The van der Waals surface area contributed by atoms with Crippen LogP contribution >= 0.6 is 11.6 Å². The molecule has 0 N–H and O–H groups in total. The van der Waals surface area contributed by atoms with Crippen LogP contribution in [0.3, 0.4) is 0 Å². The van der Waals surface area contributed by atoms with Gasteiger partial charge in [-0.1, -0.05) is 23.7 Å². The van der Waals surface area contributed by atoms with Crippen LogP contribution in [0, 0.1) is 6.92 Å². The Morgan fingerprint density at radius 2 is 1.48 bits per heavy atom. The van der Waals surface area contributed by atoms with Crippen LogP contribution < -0.4 is 0 Å². The molecule has 0 spiro atoms. The largest absolute Gasteiger partial charge is 0.411 e. The SMILES string of the molecule is Cc1ccc(C(OCC(F)(F)F)OCC(F)(F)F)c(Cl)c1. The summed E-state index contributed by atoms with van der Waals surface area (Å²) in [6.07, 6.45) is -11.3. The Bertz CT molecular complexity index is 454. The standard InChI is InChI=1S/C12H11ClF6O2/c1-7-2-3-8(9(13)4-7)10(20-5-11(14,15)16)21-6-12(17,18)19/h2-4,10H,5-6H2,1H3. The molecule has 1 rings (SSSR count). The highest BCUT2D eigenvalue weighted by atomic mass is 35.5. The van der Waals surface area contributed by atoms with Crippen LogP contribution in [-0.4, -0.2) is 25.6 Å². The number of aryl methyl sites for hydroxylation is 1. The molecule has 0 amide bonds. The molecule has 21 heavy (non-hydrogen) atoms. The first-order chi connectivity index (χ1) is 9.48. The lowest BCUT2D eigenvalue weighted by molar-refractivity contribution is -0.262. The Morgan fingerprint density at radius 3 is 1.86 bits per heavy atom. The van der Waals surface area contributed by atoms with Crippen molar-refractivity contribution in [1.82, 2.24) is 0 Å². The molecular weight excluding hydrogens is 326 g/mol. The highest BCUT2D eigenvalue weighted by Crippen LogP contribution is 2.31. The van der Waals surface area contributed by atoms with E-state index in [1.807, 2.05) is 0 Å². The fraction of sp³-hybridized carbons (Fsp3) is 0.500. The summed E-state index contributed by atoms with van der Waals surface area (Å²) in [6, 6.07) is 4.12. The smallest absolute Gasteiger partial charge is 0.339 e. The monoisotopic (exact) mass is 336 g/mol. The van der Waals surface area contributed by atoms with Gasteiger partial charge >= 0.3 is 12.4 Å². The minimum atomic E-state index is -4.70. The van der Waals surface area contributed by atoms with E-state index in [9.17, 15) is 26.3 Å². The maximum Gasteiger partial charge on any atom is 0.411 e. The molecule has 0 aliphatic carbocycles. The van der Waals surface area contributed by atoms with E-state index in [1.54, 1.807) is 6.92 Å². The zero-order chi connectivity index (χ0) is 16.3.